The standard InChI is InChI=1S/C20H29N3O2S/c1-12(24)10-13-4-9-16-17(13)18-19(21-11-22-20(18)26-16)25-15-7-5-14(6-8-15)23(2)3/h11-15,24H,4-10H2,1-3H3/t12-,13+,14?,15?/m0/s1. The molecule has 2 aromatic heterocycles. The summed E-state index contributed by atoms with van der Waals surface area (Å²) in [6.45, 7) is 1.88. The first-order valence-corrected chi connectivity index (χ1v) is 10.6. The molecule has 5 nitrogen and oxygen atoms in total. The van der Waals surface area contributed by atoms with Gasteiger partial charge in [-0.1, -0.05) is 0 Å². The number of hydrogen-bond donors (Lipinski definition) is 1. The first-order chi connectivity index (χ1) is 12.5. The van der Waals surface area contributed by atoms with Crippen LogP contribution in [0.4, 0.5) is 0 Å². The fraction of sp³-hybridized carbons (Fsp3) is 0.700. The lowest BCUT2D eigenvalue weighted by molar-refractivity contribution is 0.108. The third-order valence-electron chi connectivity index (χ3n) is 5.97. The lowest BCUT2D eigenvalue weighted by Gasteiger charge is -2.32. The second-order valence-corrected chi connectivity index (χ2v) is 9.21. The maximum absolute atomic E-state index is 9.88. The van der Waals surface area contributed by atoms with E-state index in [1.165, 1.54) is 23.3 Å². The molecule has 2 aliphatic rings. The molecular formula is C20H29N3O2S. The van der Waals surface area contributed by atoms with Crippen LogP contribution in [-0.2, 0) is 6.42 Å². The van der Waals surface area contributed by atoms with Crippen molar-refractivity contribution < 1.29 is 9.84 Å². The first-order valence-electron chi connectivity index (χ1n) is 9.80. The van der Waals surface area contributed by atoms with E-state index in [0.717, 1.165) is 48.2 Å². The Morgan fingerprint density at radius 2 is 2.00 bits per heavy atom. The third kappa shape index (κ3) is 3.47. The zero-order chi connectivity index (χ0) is 18.3. The van der Waals surface area contributed by atoms with Crippen molar-refractivity contribution in [3.8, 4) is 5.88 Å². The van der Waals surface area contributed by atoms with Crippen LogP contribution in [0, 0.1) is 0 Å². The Morgan fingerprint density at radius 3 is 2.69 bits per heavy atom. The number of aryl methyl sites for hydroxylation is 1. The van der Waals surface area contributed by atoms with E-state index < -0.39 is 0 Å². The Hall–Kier alpha value is -1.24. The van der Waals surface area contributed by atoms with Crippen LogP contribution >= 0.6 is 11.3 Å². The molecule has 0 radical (unpaired) electrons. The summed E-state index contributed by atoms with van der Waals surface area (Å²) < 4.78 is 6.41. The molecule has 142 valence electrons. The number of aliphatic hydroxyl groups excluding tert-OH is 1. The Kier molecular flexibility index (Phi) is 5.17. The Balaban J connectivity index is 1.58. The molecule has 0 unspecified atom stereocenters. The zero-order valence-corrected chi connectivity index (χ0v) is 16.8. The SMILES string of the molecule is C[C@H](O)C[C@H]1CCc2sc3ncnc(OC4CCC(N(C)C)CC4)c3c21. The third-order valence-corrected chi connectivity index (χ3v) is 7.15. The number of nitrogens with zero attached hydrogens (tertiary/aromatic N) is 3. The second-order valence-electron chi connectivity index (χ2n) is 8.13. The van der Waals surface area contributed by atoms with E-state index >= 15 is 0 Å². The molecule has 26 heavy (non-hydrogen) atoms. The summed E-state index contributed by atoms with van der Waals surface area (Å²) in [6.07, 6.45) is 9.13. The van der Waals surface area contributed by atoms with E-state index in [9.17, 15) is 5.11 Å². The van der Waals surface area contributed by atoms with E-state index in [1.54, 1.807) is 17.7 Å². The van der Waals surface area contributed by atoms with Crippen LogP contribution in [0.2, 0.25) is 0 Å². The predicted octanol–water partition coefficient (Wildman–Crippen LogP) is 3.74. The molecule has 1 N–H and O–H groups in total. The number of aromatic nitrogens is 2. The molecule has 4 rings (SSSR count). The molecule has 2 heterocycles. The molecule has 0 amide bonds. The molecule has 2 aliphatic carbocycles. The van der Waals surface area contributed by atoms with E-state index in [0.29, 0.717) is 12.0 Å². The monoisotopic (exact) mass is 375 g/mol. The van der Waals surface area contributed by atoms with Crippen molar-refractivity contribution in [3.05, 3.63) is 16.8 Å². The van der Waals surface area contributed by atoms with Gasteiger partial charge in [-0.15, -0.1) is 11.3 Å². The van der Waals surface area contributed by atoms with Gasteiger partial charge in [-0.3, -0.25) is 0 Å². The fourth-order valence-corrected chi connectivity index (χ4v) is 5.85. The van der Waals surface area contributed by atoms with Crippen LogP contribution in [0.5, 0.6) is 5.88 Å². The van der Waals surface area contributed by atoms with Crippen molar-refractivity contribution in [2.75, 3.05) is 14.1 Å². The van der Waals surface area contributed by atoms with Gasteiger partial charge in [-0.2, -0.15) is 0 Å². The van der Waals surface area contributed by atoms with Gasteiger partial charge in [0, 0.05) is 10.9 Å². The molecule has 6 heteroatoms. The van der Waals surface area contributed by atoms with Crippen LogP contribution in [0.3, 0.4) is 0 Å². The molecule has 0 bridgehead atoms. The lowest BCUT2D eigenvalue weighted by Crippen LogP contribution is -2.35. The number of rotatable bonds is 5. The molecule has 0 aromatic carbocycles. The molecular weight excluding hydrogens is 346 g/mol. The second kappa shape index (κ2) is 7.41. The summed E-state index contributed by atoms with van der Waals surface area (Å²) in [6, 6.07) is 0.668. The highest BCUT2D eigenvalue weighted by atomic mass is 32.1. The smallest absolute Gasteiger partial charge is 0.225 e. The molecule has 2 atom stereocenters. The minimum absolute atomic E-state index is 0.247. The van der Waals surface area contributed by atoms with E-state index in [-0.39, 0.29) is 12.2 Å². The average Bonchev–Trinajstić information content (AvgIpc) is 3.15. The molecule has 0 aliphatic heterocycles. The number of aliphatic hydroxyl groups is 1. The van der Waals surface area contributed by atoms with Crippen molar-refractivity contribution in [1.29, 1.82) is 0 Å². The maximum Gasteiger partial charge on any atom is 0.225 e. The molecule has 2 aromatic rings. The van der Waals surface area contributed by atoms with Crippen molar-refractivity contribution in [1.82, 2.24) is 14.9 Å². The van der Waals surface area contributed by atoms with Gasteiger partial charge in [0.25, 0.3) is 0 Å². The first kappa shape index (κ1) is 18.1. The van der Waals surface area contributed by atoms with Gasteiger partial charge in [0.05, 0.1) is 11.5 Å². The summed E-state index contributed by atoms with van der Waals surface area (Å²) in [5, 5.41) is 11.0. The van der Waals surface area contributed by atoms with Crippen molar-refractivity contribution in [2.45, 2.75) is 76.0 Å². The highest BCUT2D eigenvalue weighted by Crippen LogP contribution is 2.47. The molecule has 0 saturated heterocycles. The van der Waals surface area contributed by atoms with Crippen molar-refractivity contribution in [2.24, 2.45) is 0 Å². The van der Waals surface area contributed by atoms with E-state index in [4.69, 9.17) is 4.74 Å². The van der Waals surface area contributed by atoms with Gasteiger partial charge in [0.2, 0.25) is 5.88 Å². The molecule has 1 fully saturated rings. The van der Waals surface area contributed by atoms with Crippen LogP contribution in [-0.4, -0.2) is 52.3 Å². The van der Waals surface area contributed by atoms with Gasteiger partial charge >= 0.3 is 0 Å². The van der Waals surface area contributed by atoms with Crippen LogP contribution in [0.1, 0.15) is 61.8 Å². The normalized spacial score (nSPS) is 27.0. The summed E-state index contributed by atoms with van der Waals surface area (Å²) in [5.74, 6) is 1.16. The van der Waals surface area contributed by atoms with Crippen LogP contribution < -0.4 is 4.74 Å². The Morgan fingerprint density at radius 1 is 1.23 bits per heavy atom. The minimum atomic E-state index is -0.281. The predicted molar refractivity (Wildman–Crippen MR) is 105 cm³/mol. The topological polar surface area (TPSA) is 58.5 Å². The van der Waals surface area contributed by atoms with Crippen LogP contribution in [0.25, 0.3) is 10.2 Å². The van der Waals surface area contributed by atoms with Crippen LogP contribution in [0.15, 0.2) is 6.33 Å². The number of thiophene rings is 1. The summed E-state index contributed by atoms with van der Waals surface area (Å²) in [4.78, 5) is 13.8. The quantitative estimate of drug-likeness (QED) is 0.863. The Bertz CT molecular complexity index is 766. The van der Waals surface area contributed by atoms with Gasteiger partial charge in [0.1, 0.15) is 17.3 Å². The summed E-state index contributed by atoms with van der Waals surface area (Å²) >= 11 is 1.78. The lowest BCUT2D eigenvalue weighted by atomic mass is 9.92. The fourth-order valence-electron chi connectivity index (χ4n) is 4.61. The number of fused-ring (bicyclic) bond motifs is 3. The highest BCUT2D eigenvalue weighted by Gasteiger charge is 2.32. The largest absolute Gasteiger partial charge is 0.474 e. The zero-order valence-electron chi connectivity index (χ0n) is 15.9. The number of ether oxygens (including phenoxy) is 1. The summed E-state index contributed by atoms with van der Waals surface area (Å²) in [5.41, 5.74) is 1.35. The average molecular weight is 376 g/mol. The van der Waals surface area contributed by atoms with Gasteiger partial charge in [-0.05, 0) is 77.4 Å². The van der Waals surface area contributed by atoms with Gasteiger partial charge < -0.3 is 14.7 Å². The van der Waals surface area contributed by atoms with Gasteiger partial charge in [0.15, 0.2) is 0 Å². The molecule has 1 saturated carbocycles. The highest BCUT2D eigenvalue weighted by molar-refractivity contribution is 7.19. The van der Waals surface area contributed by atoms with E-state index in [1.807, 2.05) is 6.92 Å². The van der Waals surface area contributed by atoms with Crippen molar-refractivity contribution in [3.63, 3.8) is 0 Å². The Labute approximate surface area is 159 Å². The maximum atomic E-state index is 9.88. The summed E-state index contributed by atoms with van der Waals surface area (Å²) in [7, 11) is 4.33. The van der Waals surface area contributed by atoms with E-state index in [2.05, 4.69) is 29.0 Å². The van der Waals surface area contributed by atoms with Crippen molar-refractivity contribution >= 4 is 21.6 Å². The van der Waals surface area contributed by atoms with Gasteiger partial charge in [-0.25, -0.2) is 9.97 Å². The molecule has 0 spiro atoms. The number of hydrogen-bond acceptors (Lipinski definition) is 6. The minimum Gasteiger partial charge on any atom is -0.474 e.